The van der Waals surface area contributed by atoms with Gasteiger partial charge >= 0.3 is 6.03 Å². The first kappa shape index (κ1) is 18.5. The summed E-state index contributed by atoms with van der Waals surface area (Å²) >= 11 is 0. The quantitative estimate of drug-likeness (QED) is 0.829. The normalized spacial score (nSPS) is 23.3. The largest absolute Gasteiger partial charge is 0.343 e. The van der Waals surface area contributed by atoms with E-state index in [4.69, 9.17) is 0 Å². The zero-order valence-electron chi connectivity index (χ0n) is 16.2. The summed E-state index contributed by atoms with van der Waals surface area (Å²) in [6.07, 6.45) is 2.87. The molecule has 0 aromatic carbocycles. The molecular formula is C19H29N5O2. The summed E-state index contributed by atoms with van der Waals surface area (Å²) in [7, 11) is 0. The molecule has 26 heavy (non-hydrogen) atoms. The van der Waals surface area contributed by atoms with E-state index < -0.39 is 0 Å². The summed E-state index contributed by atoms with van der Waals surface area (Å²) in [6, 6.07) is 3.51. The number of anilines is 2. The van der Waals surface area contributed by atoms with Crippen LogP contribution >= 0.6 is 0 Å². The van der Waals surface area contributed by atoms with Crippen LogP contribution in [0.25, 0.3) is 0 Å². The molecule has 2 aliphatic rings. The highest BCUT2D eigenvalue weighted by molar-refractivity contribution is 6.03. The Bertz CT molecular complexity index is 670. The second kappa shape index (κ2) is 7.51. The zero-order valence-corrected chi connectivity index (χ0v) is 16.2. The SMILES string of the molecule is CCN1C(=O)N(CC(=O)N2C[C@@H](C)C[C@H](C)C2)c2cccnc2N1CC. The van der Waals surface area contributed by atoms with Crippen molar-refractivity contribution in [3.8, 4) is 0 Å². The molecule has 0 aliphatic carbocycles. The van der Waals surface area contributed by atoms with Crippen molar-refractivity contribution in [2.75, 3.05) is 42.6 Å². The van der Waals surface area contributed by atoms with Crippen LogP contribution in [0.4, 0.5) is 16.3 Å². The number of pyridine rings is 1. The first-order valence-electron chi connectivity index (χ1n) is 9.55. The fourth-order valence-electron chi connectivity index (χ4n) is 4.14. The van der Waals surface area contributed by atoms with Gasteiger partial charge in [-0.15, -0.1) is 0 Å². The lowest BCUT2D eigenvalue weighted by molar-refractivity contribution is -0.132. The molecule has 0 unspecified atom stereocenters. The lowest BCUT2D eigenvalue weighted by Gasteiger charge is -2.44. The van der Waals surface area contributed by atoms with Gasteiger partial charge in [-0.25, -0.2) is 14.8 Å². The molecule has 1 saturated heterocycles. The van der Waals surface area contributed by atoms with Crippen LogP contribution in [0.1, 0.15) is 34.1 Å². The van der Waals surface area contributed by atoms with Gasteiger partial charge < -0.3 is 4.90 Å². The third-order valence-corrected chi connectivity index (χ3v) is 5.16. The van der Waals surface area contributed by atoms with Crippen LogP contribution in [0.5, 0.6) is 0 Å². The molecule has 7 nitrogen and oxygen atoms in total. The van der Waals surface area contributed by atoms with Crippen LogP contribution in [0, 0.1) is 11.8 Å². The van der Waals surface area contributed by atoms with E-state index in [1.807, 2.05) is 35.9 Å². The predicted octanol–water partition coefficient (Wildman–Crippen LogP) is 2.59. The number of hydrogen-bond donors (Lipinski definition) is 0. The lowest BCUT2D eigenvalue weighted by atomic mass is 9.92. The predicted molar refractivity (Wildman–Crippen MR) is 102 cm³/mol. The lowest BCUT2D eigenvalue weighted by Crippen LogP contribution is -2.59. The highest BCUT2D eigenvalue weighted by atomic mass is 16.2. The number of urea groups is 1. The number of fused-ring (bicyclic) bond motifs is 1. The van der Waals surface area contributed by atoms with Crippen LogP contribution in [0.15, 0.2) is 18.3 Å². The van der Waals surface area contributed by atoms with E-state index in [0.717, 1.165) is 25.3 Å². The van der Waals surface area contributed by atoms with Gasteiger partial charge in [0.15, 0.2) is 5.82 Å². The molecule has 1 aromatic rings. The number of amides is 3. The number of likely N-dealkylation sites (tertiary alicyclic amines) is 1. The molecule has 0 bridgehead atoms. The maximum atomic E-state index is 13.0. The van der Waals surface area contributed by atoms with Crippen molar-refractivity contribution in [1.82, 2.24) is 14.9 Å². The van der Waals surface area contributed by atoms with E-state index >= 15 is 0 Å². The van der Waals surface area contributed by atoms with Crippen molar-refractivity contribution >= 4 is 23.4 Å². The molecule has 0 N–H and O–H groups in total. The molecule has 0 radical (unpaired) electrons. The molecule has 1 fully saturated rings. The van der Waals surface area contributed by atoms with E-state index in [9.17, 15) is 9.59 Å². The monoisotopic (exact) mass is 359 g/mol. The average molecular weight is 359 g/mol. The molecule has 1 aromatic heterocycles. The first-order valence-corrected chi connectivity index (χ1v) is 9.55. The summed E-state index contributed by atoms with van der Waals surface area (Å²) in [5, 5.41) is 3.54. The summed E-state index contributed by atoms with van der Waals surface area (Å²) in [5.41, 5.74) is 0.704. The van der Waals surface area contributed by atoms with Crippen LogP contribution in [0.3, 0.4) is 0 Å². The Hall–Kier alpha value is -2.31. The number of nitrogens with zero attached hydrogens (tertiary/aromatic N) is 5. The number of hydrazine groups is 1. The highest BCUT2D eigenvalue weighted by Gasteiger charge is 2.37. The Kier molecular flexibility index (Phi) is 5.34. The molecule has 2 aliphatic heterocycles. The van der Waals surface area contributed by atoms with Crippen LogP contribution in [-0.2, 0) is 4.79 Å². The summed E-state index contributed by atoms with van der Waals surface area (Å²) in [4.78, 5) is 33.9. The maximum Gasteiger partial charge on any atom is 0.343 e. The van der Waals surface area contributed by atoms with Gasteiger partial charge in [-0.1, -0.05) is 13.8 Å². The third kappa shape index (κ3) is 3.34. The Balaban J connectivity index is 1.86. The van der Waals surface area contributed by atoms with Crippen molar-refractivity contribution in [2.45, 2.75) is 34.1 Å². The van der Waals surface area contributed by atoms with Gasteiger partial charge in [0.25, 0.3) is 0 Å². The second-order valence-corrected chi connectivity index (χ2v) is 7.39. The minimum atomic E-state index is -0.165. The number of carbonyl (C=O) groups excluding carboxylic acids is 2. The third-order valence-electron chi connectivity index (χ3n) is 5.16. The Morgan fingerprint density at radius 3 is 2.42 bits per heavy atom. The number of carbonyl (C=O) groups is 2. The first-order chi connectivity index (χ1) is 12.5. The van der Waals surface area contributed by atoms with Gasteiger partial charge in [-0.05, 0) is 44.2 Å². The summed E-state index contributed by atoms with van der Waals surface area (Å²) in [6.45, 7) is 11.1. The number of rotatable bonds is 4. The van der Waals surface area contributed by atoms with E-state index in [1.54, 1.807) is 16.1 Å². The van der Waals surface area contributed by atoms with E-state index in [0.29, 0.717) is 30.6 Å². The second-order valence-electron chi connectivity index (χ2n) is 7.39. The fourth-order valence-corrected chi connectivity index (χ4v) is 4.14. The van der Waals surface area contributed by atoms with E-state index in [1.165, 1.54) is 0 Å². The number of piperidine rings is 1. The van der Waals surface area contributed by atoms with Crippen molar-refractivity contribution in [1.29, 1.82) is 0 Å². The number of aromatic nitrogens is 1. The molecule has 142 valence electrons. The van der Waals surface area contributed by atoms with Crippen molar-refractivity contribution < 1.29 is 9.59 Å². The van der Waals surface area contributed by atoms with E-state index in [2.05, 4.69) is 18.8 Å². The van der Waals surface area contributed by atoms with Gasteiger partial charge in [0.1, 0.15) is 6.54 Å². The molecule has 3 heterocycles. The number of hydrogen-bond acceptors (Lipinski definition) is 4. The van der Waals surface area contributed by atoms with Crippen LogP contribution < -0.4 is 9.91 Å². The van der Waals surface area contributed by atoms with Crippen molar-refractivity contribution in [2.24, 2.45) is 11.8 Å². The molecule has 7 heteroatoms. The standard InChI is InChI=1S/C19H29N5O2/c1-5-23-18-16(8-7-9-20-18)22(19(26)24(23)6-2)13-17(25)21-11-14(3)10-15(4)12-21/h7-9,14-15H,5-6,10-13H2,1-4H3/t14-,15-/m0/s1. The molecule has 0 spiro atoms. The molecular weight excluding hydrogens is 330 g/mol. The van der Waals surface area contributed by atoms with Gasteiger partial charge in [0.2, 0.25) is 5.91 Å². The minimum absolute atomic E-state index is 0.00699. The van der Waals surface area contributed by atoms with Crippen molar-refractivity contribution in [3.05, 3.63) is 18.3 Å². The van der Waals surface area contributed by atoms with E-state index in [-0.39, 0.29) is 18.5 Å². The maximum absolute atomic E-state index is 13.0. The van der Waals surface area contributed by atoms with Gasteiger partial charge in [0, 0.05) is 32.4 Å². The summed E-state index contributed by atoms with van der Waals surface area (Å²) < 4.78 is 0. The van der Waals surface area contributed by atoms with Crippen LogP contribution in [0.2, 0.25) is 0 Å². The van der Waals surface area contributed by atoms with Crippen LogP contribution in [-0.4, -0.2) is 59.6 Å². The molecule has 0 saturated carbocycles. The molecule has 3 amide bonds. The zero-order chi connectivity index (χ0) is 18.8. The highest BCUT2D eigenvalue weighted by Crippen LogP contribution is 2.33. The minimum Gasteiger partial charge on any atom is -0.341 e. The smallest absolute Gasteiger partial charge is 0.341 e. The van der Waals surface area contributed by atoms with Crippen molar-refractivity contribution in [3.63, 3.8) is 0 Å². The Morgan fingerprint density at radius 2 is 1.81 bits per heavy atom. The van der Waals surface area contributed by atoms with Gasteiger partial charge in [-0.3, -0.25) is 14.7 Å². The topological polar surface area (TPSA) is 60.0 Å². The average Bonchev–Trinajstić information content (AvgIpc) is 2.62. The summed E-state index contributed by atoms with van der Waals surface area (Å²) in [5.74, 6) is 1.73. The molecule has 2 atom stereocenters. The molecule has 3 rings (SSSR count). The Labute approximate surface area is 155 Å². The van der Waals surface area contributed by atoms with Gasteiger partial charge in [0.05, 0.1) is 5.69 Å². The fraction of sp³-hybridized carbons (Fsp3) is 0.632. The Morgan fingerprint density at radius 1 is 1.15 bits per heavy atom. The van der Waals surface area contributed by atoms with Gasteiger partial charge in [-0.2, -0.15) is 0 Å².